The topological polar surface area (TPSA) is 143 Å². The van der Waals surface area contributed by atoms with Gasteiger partial charge in [0, 0.05) is 0 Å². The van der Waals surface area contributed by atoms with Crippen molar-refractivity contribution in [1.82, 2.24) is 29.1 Å². The molecule has 0 bridgehead atoms. The van der Waals surface area contributed by atoms with Crippen molar-refractivity contribution < 1.29 is 10.4 Å². The highest BCUT2D eigenvalue weighted by Crippen LogP contribution is 2.24. The highest BCUT2D eigenvalue weighted by Gasteiger charge is 2.21. The van der Waals surface area contributed by atoms with Crippen LogP contribution in [0.25, 0.3) is 22.7 Å². The Balaban J connectivity index is 1.51. The van der Waals surface area contributed by atoms with E-state index in [1.165, 1.54) is 10.9 Å². The fourth-order valence-corrected chi connectivity index (χ4v) is 3.54. The number of anilines is 2. The molecule has 0 spiro atoms. The second kappa shape index (κ2) is 8.06. The summed E-state index contributed by atoms with van der Waals surface area (Å²) in [5.74, 6) is 0.394. The molecule has 160 valence electrons. The second-order valence-electron chi connectivity index (χ2n) is 7.19. The van der Waals surface area contributed by atoms with Gasteiger partial charge in [0.25, 0.3) is 0 Å². The minimum Gasteiger partial charge on any atom is -0.311 e. The van der Waals surface area contributed by atoms with E-state index >= 15 is 0 Å². The van der Waals surface area contributed by atoms with Crippen LogP contribution < -0.4 is 16.6 Å². The Kier molecular flexibility index (Phi) is 4.94. The number of fused-ring (bicyclic) bond motifs is 3. The zero-order valence-corrected chi connectivity index (χ0v) is 16.7. The third-order valence-electron chi connectivity index (χ3n) is 5.16. The first-order valence-electron chi connectivity index (χ1n) is 9.71. The molecule has 2 aliphatic rings. The lowest BCUT2D eigenvalue weighted by atomic mass is 10.2. The summed E-state index contributed by atoms with van der Waals surface area (Å²) >= 11 is 0. The zero-order valence-electron chi connectivity index (χ0n) is 16.7. The molecule has 0 fully saturated rings. The van der Waals surface area contributed by atoms with Gasteiger partial charge in [-0.25, -0.2) is 19.7 Å². The first kappa shape index (κ1) is 19.6. The largest absolute Gasteiger partial charge is 0.350 e. The van der Waals surface area contributed by atoms with Crippen LogP contribution in [0.15, 0.2) is 66.0 Å². The maximum atomic E-state index is 12.6. The Labute approximate surface area is 180 Å². The molecule has 11 nitrogen and oxygen atoms in total. The predicted octanol–water partition coefficient (Wildman–Crippen LogP) is 2.19. The number of benzene rings is 2. The quantitative estimate of drug-likeness (QED) is 0.298. The van der Waals surface area contributed by atoms with Gasteiger partial charge >= 0.3 is 5.69 Å². The molecule has 0 atom stereocenters. The average molecular weight is 430 g/mol. The van der Waals surface area contributed by atoms with E-state index in [9.17, 15) is 4.79 Å². The number of nitrogens with one attached hydrogen (secondary N) is 2. The summed E-state index contributed by atoms with van der Waals surface area (Å²) in [6.45, 7) is 0.766. The fourth-order valence-electron chi connectivity index (χ4n) is 3.54. The smallest absolute Gasteiger partial charge is 0.311 e. The standard InChI is InChI=1S/C21H18N8O3/c30-21-25-18-17-19(28(12-24-17)9-13-1-5-15(26-31)6-2-13)22-11-23-20(18)29(21)10-14-3-7-16(27-32)8-4-14/h1-8,11-12,26-27,31-32H,9-10H2. The van der Waals surface area contributed by atoms with Crippen LogP contribution in [0.5, 0.6) is 0 Å². The summed E-state index contributed by atoms with van der Waals surface area (Å²) in [5, 5.41) is 17.9. The van der Waals surface area contributed by atoms with Crippen molar-refractivity contribution in [3.8, 4) is 11.5 Å². The molecule has 3 heterocycles. The number of rotatable bonds is 6. The molecule has 1 aromatic heterocycles. The minimum absolute atomic E-state index is 0.269. The SMILES string of the molecule is O=c1nc2c3ncn(Cc4ccc(NO)cc4)c3ncnc-2n1Cc1ccc(NO)cc1. The third-order valence-corrected chi connectivity index (χ3v) is 5.16. The molecule has 0 saturated heterocycles. The van der Waals surface area contributed by atoms with Crippen molar-refractivity contribution >= 4 is 22.5 Å². The molecule has 0 amide bonds. The molecule has 2 aromatic carbocycles. The van der Waals surface area contributed by atoms with Crippen LogP contribution in [0, 0.1) is 0 Å². The van der Waals surface area contributed by atoms with Gasteiger partial charge in [-0.05, 0) is 35.4 Å². The summed E-state index contributed by atoms with van der Waals surface area (Å²) in [7, 11) is 0. The number of aromatic nitrogens is 6. The molecular formula is C21H18N8O3. The third kappa shape index (κ3) is 3.51. The maximum Gasteiger partial charge on any atom is 0.350 e. The molecule has 0 radical (unpaired) electrons. The van der Waals surface area contributed by atoms with E-state index in [0.717, 1.165) is 11.1 Å². The fraction of sp³-hybridized carbons (Fsp3) is 0.0952. The Morgan fingerprint density at radius 2 is 1.44 bits per heavy atom. The molecule has 32 heavy (non-hydrogen) atoms. The van der Waals surface area contributed by atoms with Crippen molar-refractivity contribution in [1.29, 1.82) is 0 Å². The Morgan fingerprint density at radius 1 is 0.812 bits per heavy atom. The first-order chi connectivity index (χ1) is 15.7. The van der Waals surface area contributed by atoms with E-state index < -0.39 is 5.69 Å². The van der Waals surface area contributed by atoms with Crippen LogP contribution >= 0.6 is 0 Å². The van der Waals surface area contributed by atoms with Gasteiger partial charge in [-0.15, -0.1) is 0 Å². The molecule has 0 unspecified atom stereocenters. The van der Waals surface area contributed by atoms with Gasteiger partial charge < -0.3 is 4.57 Å². The van der Waals surface area contributed by atoms with Crippen molar-refractivity contribution in [2.45, 2.75) is 13.1 Å². The van der Waals surface area contributed by atoms with E-state index in [1.807, 2.05) is 16.7 Å². The molecule has 5 rings (SSSR count). The van der Waals surface area contributed by atoms with E-state index in [2.05, 4.69) is 30.9 Å². The van der Waals surface area contributed by atoms with Crippen molar-refractivity contribution in [3.63, 3.8) is 0 Å². The van der Waals surface area contributed by atoms with Gasteiger partial charge in [-0.3, -0.25) is 25.9 Å². The molecule has 4 N–H and O–H groups in total. The van der Waals surface area contributed by atoms with Crippen LogP contribution in [0.1, 0.15) is 11.1 Å². The highest BCUT2D eigenvalue weighted by molar-refractivity contribution is 5.85. The minimum atomic E-state index is -0.425. The van der Waals surface area contributed by atoms with Gasteiger partial charge in [0.05, 0.1) is 30.8 Å². The van der Waals surface area contributed by atoms with Crippen molar-refractivity contribution in [3.05, 3.63) is 82.8 Å². The zero-order chi connectivity index (χ0) is 22.1. The summed E-state index contributed by atoms with van der Waals surface area (Å²) in [5.41, 5.74) is 8.16. The molecule has 0 aliphatic carbocycles. The molecular weight excluding hydrogens is 412 g/mol. The summed E-state index contributed by atoms with van der Waals surface area (Å²) in [6.07, 6.45) is 3.05. The van der Waals surface area contributed by atoms with Crippen LogP contribution in [0.3, 0.4) is 0 Å². The number of hydrogen-bond acceptors (Lipinski definition) is 9. The second-order valence-corrected chi connectivity index (χ2v) is 7.19. The predicted molar refractivity (Wildman–Crippen MR) is 116 cm³/mol. The van der Waals surface area contributed by atoms with Gasteiger partial charge in [-0.1, -0.05) is 24.3 Å². The van der Waals surface area contributed by atoms with Crippen LogP contribution in [0.2, 0.25) is 0 Å². The Hall–Kier alpha value is -4.35. The van der Waals surface area contributed by atoms with E-state index in [-0.39, 0.29) is 6.54 Å². The van der Waals surface area contributed by atoms with Gasteiger partial charge in [0.15, 0.2) is 11.5 Å². The summed E-state index contributed by atoms with van der Waals surface area (Å²) in [4.78, 5) is 30.1. The number of hydrogen-bond donors (Lipinski definition) is 4. The van der Waals surface area contributed by atoms with E-state index in [1.54, 1.807) is 42.7 Å². The van der Waals surface area contributed by atoms with E-state index in [4.69, 9.17) is 10.4 Å². The average Bonchev–Trinajstić information content (AvgIpc) is 3.29. The van der Waals surface area contributed by atoms with Crippen LogP contribution in [0.4, 0.5) is 11.4 Å². The Morgan fingerprint density at radius 3 is 2.06 bits per heavy atom. The van der Waals surface area contributed by atoms with Crippen LogP contribution in [-0.4, -0.2) is 39.5 Å². The molecule has 0 saturated carbocycles. The monoisotopic (exact) mass is 430 g/mol. The lowest BCUT2D eigenvalue weighted by molar-refractivity contribution is 0.388. The van der Waals surface area contributed by atoms with Gasteiger partial charge in [0.1, 0.15) is 17.5 Å². The molecule has 2 aliphatic heterocycles. The van der Waals surface area contributed by atoms with Crippen molar-refractivity contribution in [2.24, 2.45) is 0 Å². The van der Waals surface area contributed by atoms with Crippen molar-refractivity contribution in [2.75, 3.05) is 11.0 Å². The van der Waals surface area contributed by atoms with E-state index in [0.29, 0.717) is 40.6 Å². The molecule has 3 aromatic rings. The number of imidazole rings is 2. The maximum absolute atomic E-state index is 12.6. The lowest BCUT2D eigenvalue weighted by Gasteiger charge is -2.05. The van der Waals surface area contributed by atoms with Crippen LogP contribution in [-0.2, 0) is 13.1 Å². The normalized spacial score (nSPS) is 11.2. The first-order valence-corrected chi connectivity index (χ1v) is 9.71. The number of nitrogens with zero attached hydrogens (tertiary/aromatic N) is 6. The Bertz CT molecular complexity index is 1410. The summed E-state index contributed by atoms with van der Waals surface area (Å²) < 4.78 is 3.32. The molecule has 11 heteroatoms. The summed E-state index contributed by atoms with van der Waals surface area (Å²) in [6, 6.07) is 14.3. The lowest BCUT2D eigenvalue weighted by Crippen LogP contribution is -2.17. The highest BCUT2D eigenvalue weighted by atomic mass is 16.5. The van der Waals surface area contributed by atoms with Gasteiger partial charge in [0.2, 0.25) is 0 Å². The van der Waals surface area contributed by atoms with Gasteiger partial charge in [-0.2, -0.15) is 4.98 Å².